The second-order valence-corrected chi connectivity index (χ2v) is 5.13. The maximum atomic E-state index is 6.23. The molecule has 2 rings (SSSR count). The molecule has 0 aliphatic carbocycles. The first-order valence-electron chi connectivity index (χ1n) is 5.71. The SMILES string of the molecule is CCn1ncc(Cl)c1C(NN)c1cccc(Cl)c1Cl. The summed E-state index contributed by atoms with van der Waals surface area (Å²) >= 11 is 18.4. The van der Waals surface area contributed by atoms with E-state index in [1.165, 1.54) is 0 Å². The van der Waals surface area contributed by atoms with Gasteiger partial charge in [0.1, 0.15) is 0 Å². The highest BCUT2D eigenvalue weighted by atomic mass is 35.5. The molecule has 0 saturated carbocycles. The van der Waals surface area contributed by atoms with E-state index < -0.39 is 0 Å². The molecule has 0 aliphatic heterocycles. The summed E-state index contributed by atoms with van der Waals surface area (Å²) in [6.07, 6.45) is 1.59. The molecule has 1 heterocycles. The number of hydrogen-bond acceptors (Lipinski definition) is 3. The Morgan fingerprint density at radius 2 is 2.05 bits per heavy atom. The molecule has 0 fully saturated rings. The van der Waals surface area contributed by atoms with Gasteiger partial charge in [0, 0.05) is 6.54 Å². The first-order valence-corrected chi connectivity index (χ1v) is 6.84. The van der Waals surface area contributed by atoms with Gasteiger partial charge in [0.15, 0.2) is 0 Å². The molecule has 0 spiro atoms. The van der Waals surface area contributed by atoms with E-state index in [2.05, 4.69) is 10.5 Å². The minimum atomic E-state index is -0.374. The van der Waals surface area contributed by atoms with Crippen LogP contribution in [0.15, 0.2) is 24.4 Å². The van der Waals surface area contributed by atoms with Crippen molar-refractivity contribution in [1.82, 2.24) is 15.2 Å². The van der Waals surface area contributed by atoms with Crippen molar-refractivity contribution in [2.75, 3.05) is 0 Å². The fourth-order valence-electron chi connectivity index (χ4n) is 1.97. The van der Waals surface area contributed by atoms with Crippen LogP contribution < -0.4 is 11.3 Å². The van der Waals surface area contributed by atoms with Crippen LogP contribution in [0.4, 0.5) is 0 Å². The minimum Gasteiger partial charge on any atom is -0.271 e. The number of nitrogens with two attached hydrogens (primary N) is 1. The standard InChI is InChI=1S/C12H13Cl3N4/c1-2-19-12(9(14)6-17-19)11(18-16)7-4-3-5-8(13)10(7)15/h3-6,11,18H,2,16H2,1H3. The number of benzene rings is 1. The van der Waals surface area contributed by atoms with Crippen molar-refractivity contribution >= 4 is 34.8 Å². The summed E-state index contributed by atoms with van der Waals surface area (Å²) in [4.78, 5) is 0. The molecule has 7 heteroatoms. The Morgan fingerprint density at radius 3 is 2.68 bits per heavy atom. The van der Waals surface area contributed by atoms with E-state index in [1.54, 1.807) is 16.9 Å². The van der Waals surface area contributed by atoms with Gasteiger partial charge in [0.05, 0.1) is 33.0 Å². The molecule has 3 N–H and O–H groups in total. The number of halogens is 3. The van der Waals surface area contributed by atoms with Crippen LogP contribution in [-0.4, -0.2) is 9.78 Å². The van der Waals surface area contributed by atoms with Gasteiger partial charge < -0.3 is 0 Å². The van der Waals surface area contributed by atoms with Crippen molar-refractivity contribution in [3.8, 4) is 0 Å². The number of rotatable bonds is 4. The van der Waals surface area contributed by atoms with E-state index in [0.717, 1.165) is 11.3 Å². The first kappa shape index (κ1) is 14.6. The topological polar surface area (TPSA) is 55.9 Å². The highest BCUT2D eigenvalue weighted by Crippen LogP contribution is 2.35. The van der Waals surface area contributed by atoms with E-state index in [4.69, 9.17) is 40.6 Å². The zero-order chi connectivity index (χ0) is 14.0. The van der Waals surface area contributed by atoms with E-state index in [0.29, 0.717) is 21.6 Å². The summed E-state index contributed by atoms with van der Waals surface area (Å²) < 4.78 is 1.77. The zero-order valence-corrected chi connectivity index (χ0v) is 12.5. The third-order valence-electron chi connectivity index (χ3n) is 2.87. The van der Waals surface area contributed by atoms with Gasteiger partial charge in [-0.3, -0.25) is 10.5 Å². The lowest BCUT2D eigenvalue weighted by atomic mass is 10.0. The average Bonchev–Trinajstić information content (AvgIpc) is 2.77. The Kier molecular flexibility index (Phi) is 4.71. The Morgan fingerprint density at radius 1 is 1.32 bits per heavy atom. The smallest absolute Gasteiger partial charge is 0.0908 e. The number of aryl methyl sites for hydroxylation is 1. The molecule has 0 amide bonds. The number of nitrogens with one attached hydrogen (secondary N) is 1. The lowest BCUT2D eigenvalue weighted by Crippen LogP contribution is -2.31. The van der Waals surface area contributed by atoms with Gasteiger partial charge in [0.25, 0.3) is 0 Å². The van der Waals surface area contributed by atoms with Gasteiger partial charge in [-0.25, -0.2) is 5.43 Å². The normalized spacial score (nSPS) is 12.7. The second kappa shape index (κ2) is 6.11. The van der Waals surface area contributed by atoms with E-state index in [-0.39, 0.29) is 6.04 Å². The maximum Gasteiger partial charge on any atom is 0.0908 e. The van der Waals surface area contributed by atoms with Gasteiger partial charge in [0.2, 0.25) is 0 Å². The van der Waals surface area contributed by atoms with Crippen molar-refractivity contribution in [2.24, 2.45) is 5.84 Å². The van der Waals surface area contributed by atoms with Gasteiger partial charge in [-0.05, 0) is 18.6 Å². The molecule has 19 heavy (non-hydrogen) atoms. The summed E-state index contributed by atoms with van der Waals surface area (Å²) in [7, 11) is 0. The van der Waals surface area contributed by atoms with Crippen molar-refractivity contribution < 1.29 is 0 Å². The molecular weight excluding hydrogens is 307 g/mol. The number of hydrazine groups is 1. The van der Waals surface area contributed by atoms with E-state index >= 15 is 0 Å². The Bertz CT molecular complexity index is 582. The summed E-state index contributed by atoms with van der Waals surface area (Å²) in [5.74, 6) is 5.66. The van der Waals surface area contributed by atoms with Crippen LogP contribution in [0.5, 0.6) is 0 Å². The van der Waals surface area contributed by atoms with Crippen molar-refractivity contribution in [3.05, 3.63) is 50.7 Å². The predicted octanol–water partition coefficient (Wildman–Crippen LogP) is 3.42. The van der Waals surface area contributed by atoms with Gasteiger partial charge in [-0.15, -0.1) is 0 Å². The summed E-state index contributed by atoms with van der Waals surface area (Å²) in [5.41, 5.74) is 4.23. The van der Waals surface area contributed by atoms with Crippen LogP contribution in [0.25, 0.3) is 0 Å². The van der Waals surface area contributed by atoms with Crippen LogP contribution in [0.3, 0.4) is 0 Å². The summed E-state index contributed by atoms with van der Waals surface area (Å²) in [6, 6.07) is 5.01. The Hall–Kier alpha value is -0.780. The molecule has 0 saturated heterocycles. The fraction of sp³-hybridized carbons (Fsp3) is 0.250. The molecule has 1 atom stereocenters. The van der Waals surface area contributed by atoms with E-state index in [9.17, 15) is 0 Å². The van der Waals surface area contributed by atoms with Crippen LogP contribution in [-0.2, 0) is 6.54 Å². The lowest BCUT2D eigenvalue weighted by Gasteiger charge is -2.20. The van der Waals surface area contributed by atoms with Gasteiger partial charge >= 0.3 is 0 Å². The van der Waals surface area contributed by atoms with Crippen molar-refractivity contribution in [3.63, 3.8) is 0 Å². The third-order valence-corrected chi connectivity index (χ3v) is 3.99. The van der Waals surface area contributed by atoms with E-state index in [1.807, 2.05) is 19.1 Å². The number of hydrogen-bond donors (Lipinski definition) is 2. The molecule has 0 bridgehead atoms. The monoisotopic (exact) mass is 318 g/mol. The van der Waals surface area contributed by atoms with Crippen molar-refractivity contribution in [1.29, 1.82) is 0 Å². The quantitative estimate of drug-likeness (QED) is 0.670. The molecular formula is C12H13Cl3N4. The maximum absolute atomic E-state index is 6.23. The molecule has 1 unspecified atom stereocenters. The van der Waals surface area contributed by atoms with Crippen LogP contribution >= 0.6 is 34.8 Å². The van der Waals surface area contributed by atoms with Gasteiger partial charge in [-0.2, -0.15) is 5.10 Å². The molecule has 0 radical (unpaired) electrons. The minimum absolute atomic E-state index is 0.374. The molecule has 102 valence electrons. The van der Waals surface area contributed by atoms with Crippen molar-refractivity contribution in [2.45, 2.75) is 19.5 Å². The van der Waals surface area contributed by atoms with Crippen LogP contribution in [0.1, 0.15) is 24.2 Å². The lowest BCUT2D eigenvalue weighted by molar-refractivity contribution is 0.544. The molecule has 2 aromatic rings. The molecule has 1 aromatic carbocycles. The van der Waals surface area contributed by atoms with Crippen LogP contribution in [0.2, 0.25) is 15.1 Å². The highest BCUT2D eigenvalue weighted by molar-refractivity contribution is 6.42. The average molecular weight is 320 g/mol. The Labute approximate surface area is 126 Å². The number of aromatic nitrogens is 2. The molecule has 4 nitrogen and oxygen atoms in total. The summed E-state index contributed by atoms with van der Waals surface area (Å²) in [5, 5.41) is 5.64. The zero-order valence-electron chi connectivity index (χ0n) is 10.2. The third kappa shape index (κ3) is 2.73. The predicted molar refractivity (Wildman–Crippen MR) is 78.5 cm³/mol. The highest BCUT2D eigenvalue weighted by Gasteiger charge is 2.23. The van der Waals surface area contributed by atoms with Crippen LogP contribution in [0, 0.1) is 0 Å². The number of nitrogens with zero attached hydrogens (tertiary/aromatic N) is 2. The molecule has 1 aromatic heterocycles. The fourth-order valence-corrected chi connectivity index (χ4v) is 2.64. The Balaban J connectivity index is 2.56. The first-order chi connectivity index (χ1) is 9.10. The second-order valence-electron chi connectivity index (χ2n) is 3.94. The summed E-state index contributed by atoms with van der Waals surface area (Å²) in [6.45, 7) is 2.65. The van der Waals surface area contributed by atoms with Gasteiger partial charge in [-0.1, -0.05) is 46.9 Å². The largest absolute Gasteiger partial charge is 0.271 e. The molecule has 0 aliphatic rings.